The maximum Gasteiger partial charge on any atom is 0.303 e. The van der Waals surface area contributed by atoms with Gasteiger partial charge in [0.15, 0.2) is 11.2 Å². The smallest absolute Gasteiger partial charge is 0.303 e. The Morgan fingerprint density at radius 2 is 1.73 bits per heavy atom. The van der Waals surface area contributed by atoms with Gasteiger partial charge in [-0.3, -0.25) is 29.0 Å². The number of aromatic nitrogens is 4. The summed E-state index contributed by atoms with van der Waals surface area (Å²) in [4.78, 5) is 69.7. The van der Waals surface area contributed by atoms with Gasteiger partial charge in [0.2, 0.25) is 11.9 Å². The largest absolute Gasteiger partial charge is 0.481 e. The van der Waals surface area contributed by atoms with Crippen molar-refractivity contribution in [2.45, 2.75) is 77.5 Å². The SMILES string of the molecule is C/C(=N/O)C(C)(C)NOCCNC(C)(C)/C(CCNC(=O)C(CCC(=O)O)NC(=O)c1ccc(NCc2cnc3nc(N)[nH]c(=O)c3n2)cc1)=N/O. The number of carboxylic acid groups (broad SMARTS) is 1. The van der Waals surface area contributed by atoms with Crippen LogP contribution in [0.1, 0.15) is 69.9 Å². The number of anilines is 2. The zero-order chi connectivity index (χ0) is 38.5. The summed E-state index contributed by atoms with van der Waals surface area (Å²) in [7, 11) is 0. The van der Waals surface area contributed by atoms with Crippen LogP contribution in [0, 0.1) is 0 Å². The van der Waals surface area contributed by atoms with E-state index in [0.29, 0.717) is 29.3 Å². The van der Waals surface area contributed by atoms with E-state index < -0.39 is 40.5 Å². The summed E-state index contributed by atoms with van der Waals surface area (Å²) in [5.41, 5.74) is 8.57. The van der Waals surface area contributed by atoms with Crippen molar-refractivity contribution in [3.63, 3.8) is 0 Å². The predicted octanol–water partition coefficient (Wildman–Crippen LogP) is 0.725. The number of fused-ring (bicyclic) bond motifs is 1. The van der Waals surface area contributed by atoms with Crippen LogP contribution in [0.5, 0.6) is 0 Å². The molecule has 0 saturated heterocycles. The summed E-state index contributed by atoms with van der Waals surface area (Å²) in [5, 5.41) is 46.1. The Bertz CT molecular complexity index is 1830. The highest BCUT2D eigenvalue weighted by Gasteiger charge is 2.27. The minimum atomic E-state index is -1.16. The normalized spacial score (nSPS) is 13.1. The molecule has 3 aromatic rings. The number of hydroxylamine groups is 1. The molecule has 1 aromatic carbocycles. The number of hydrogen-bond acceptors (Lipinski definition) is 16. The number of hydrogen-bond donors (Lipinski definition) is 10. The molecule has 0 aliphatic rings. The first-order valence-electron chi connectivity index (χ1n) is 16.3. The lowest BCUT2D eigenvalue weighted by atomic mass is 9.95. The van der Waals surface area contributed by atoms with Crippen LogP contribution in [0.4, 0.5) is 11.6 Å². The van der Waals surface area contributed by atoms with E-state index in [4.69, 9.17) is 15.8 Å². The van der Waals surface area contributed by atoms with Crippen molar-refractivity contribution in [3.8, 4) is 0 Å². The van der Waals surface area contributed by atoms with Gasteiger partial charge in [0.1, 0.15) is 6.04 Å². The fourth-order valence-electron chi connectivity index (χ4n) is 4.63. The van der Waals surface area contributed by atoms with E-state index in [1.807, 2.05) is 0 Å². The van der Waals surface area contributed by atoms with Crippen molar-refractivity contribution in [1.29, 1.82) is 0 Å². The van der Waals surface area contributed by atoms with Crippen LogP contribution in [0.2, 0.25) is 0 Å². The highest BCUT2D eigenvalue weighted by atomic mass is 16.6. The maximum atomic E-state index is 13.1. The third-order valence-corrected chi connectivity index (χ3v) is 8.03. The predicted molar refractivity (Wildman–Crippen MR) is 191 cm³/mol. The number of nitrogen functional groups attached to an aromatic ring is 1. The van der Waals surface area contributed by atoms with Crippen LogP contribution in [0.15, 0.2) is 45.6 Å². The van der Waals surface area contributed by atoms with Gasteiger partial charge < -0.3 is 42.5 Å². The molecule has 3 rings (SSSR count). The third kappa shape index (κ3) is 12.0. The molecule has 20 nitrogen and oxygen atoms in total. The van der Waals surface area contributed by atoms with Crippen molar-refractivity contribution in [3.05, 3.63) is 52.1 Å². The van der Waals surface area contributed by atoms with Crippen LogP contribution in [0.3, 0.4) is 0 Å². The molecule has 0 fully saturated rings. The Morgan fingerprint density at radius 3 is 2.38 bits per heavy atom. The Morgan fingerprint density at radius 1 is 1.02 bits per heavy atom. The zero-order valence-electron chi connectivity index (χ0n) is 29.6. The Labute approximate surface area is 298 Å². The Kier molecular flexibility index (Phi) is 14.5. The van der Waals surface area contributed by atoms with Gasteiger partial charge in [-0.15, -0.1) is 0 Å². The van der Waals surface area contributed by atoms with Crippen LogP contribution in [0.25, 0.3) is 11.2 Å². The number of nitrogens with two attached hydrogens (primary N) is 1. The van der Waals surface area contributed by atoms with Crippen LogP contribution >= 0.6 is 0 Å². The number of rotatable bonds is 20. The van der Waals surface area contributed by atoms with Gasteiger partial charge in [0, 0.05) is 37.2 Å². The average molecular weight is 727 g/mol. The number of oxime groups is 2. The highest BCUT2D eigenvalue weighted by molar-refractivity contribution is 5.98. The summed E-state index contributed by atoms with van der Waals surface area (Å²) >= 11 is 0. The molecule has 52 heavy (non-hydrogen) atoms. The number of carbonyl (C=O) groups excluding carboxylic acids is 2. The zero-order valence-corrected chi connectivity index (χ0v) is 29.6. The quantitative estimate of drug-likeness (QED) is 0.0332. The molecule has 0 aliphatic heterocycles. The summed E-state index contributed by atoms with van der Waals surface area (Å²) in [5.74, 6) is -2.39. The number of aliphatic carboxylic acids is 1. The first kappa shape index (κ1) is 40.7. The molecular formula is C32H46N12O8. The third-order valence-electron chi connectivity index (χ3n) is 8.03. The van der Waals surface area contributed by atoms with Crippen molar-refractivity contribution < 1.29 is 34.7 Å². The minimum Gasteiger partial charge on any atom is -0.481 e. The lowest BCUT2D eigenvalue weighted by Crippen LogP contribution is -2.51. The van der Waals surface area contributed by atoms with Gasteiger partial charge in [-0.05, 0) is 65.3 Å². The number of aromatic amines is 1. The summed E-state index contributed by atoms with van der Waals surface area (Å²) < 4.78 is 0. The van der Waals surface area contributed by atoms with Crippen LogP contribution < -0.4 is 38.0 Å². The summed E-state index contributed by atoms with van der Waals surface area (Å²) in [6.07, 6.45) is 1.07. The Balaban J connectivity index is 1.52. The van der Waals surface area contributed by atoms with E-state index in [9.17, 15) is 29.5 Å². The lowest BCUT2D eigenvalue weighted by Gasteiger charge is -2.28. The molecule has 1 unspecified atom stereocenters. The summed E-state index contributed by atoms with van der Waals surface area (Å²) in [6, 6.07) is 5.16. The van der Waals surface area contributed by atoms with E-state index in [-0.39, 0.29) is 61.6 Å². The lowest BCUT2D eigenvalue weighted by molar-refractivity contribution is -0.137. The van der Waals surface area contributed by atoms with Gasteiger partial charge in [-0.2, -0.15) is 10.5 Å². The molecule has 2 aromatic heterocycles. The molecule has 1 atom stereocenters. The molecule has 0 saturated carbocycles. The first-order valence-corrected chi connectivity index (χ1v) is 16.3. The number of nitrogens with zero attached hydrogens (tertiary/aromatic N) is 5. The molecule has 0 aliphatic carbocycles. The van der Waals surface area contributed by atoms with E-state index in [2.05, 4.69) is 57.0 Å². The maximum absolute atomic E-state index is 13.1. The number of carbonyl (C=O) groups is 3. The fraction of sp³-hybridized carbons (Fsp3) is 0.469. The van der Waals surface area contributed by atoms with Crippen molar-refractivity contribution in [2.24, 2.45) is 10.3 Å². The van der Waals surface area contributed by atoms with Gasteiger partial charge in [-0.1, -0.05) is 10.3 Å². The van der Waals surface area contributed by atoms with Crippen molar-refractivity contribution in [1.82, 2.24) is 41.4 Å². The molecule has 0 radical (unpaired) electrons. The topological polar surface area (TPSA) is 304 Å². The minimum absolute atomic E-state index is 0.0374. The van der Waals surface area contributed by atoms with Gasteiger partial charge >= 0.3 is 5.97 Å². The highest BCUT2D eigenvalue weighted by Crippen LogP contribution is 2.13. The second kappa shape index (κ2) is 18.5. The van der Waals surface area contributed by atoms with Crippen molar-refractivity contribution in [2.75, 3.05) is 30.7 Å². The molecule has 282 valence electrons. The molecule has 11 N–H and O–H groups in total. The van der Waals surface area contributed by atoms with E-state index >= 15 is 0 Å². The molecule has 2 amide bonds. The number of nitrogens with one attached hydrogen (secondary N) is 6. The number of H-pyrrole nitrogens is 1. The first-order chi connectivity index (χ1) is 24.6. The fourth-order valence-corrected chi connectivity index (χ4v) is 4.63. The Hall–Kier alpha value is -5.73. The van der Waals surface area contributed by atoms with E-state index in [1.54, 1.807) is 46.8 Å². The standard InChI is InChI=1S/C32H46N12O8/c1-18(42-50)31(2,3)44-52-15-14-37-32(4,5)23(43-51)12-13-34-28(48)22(10-11-24(45)46)39-27(47)19-6-8-20(9-7-19)35-16-21-17-36-26-25(38-21)29(49)41-30(33)40-26/h6-9,17,22,35,37,44,50-51H,10-16H2,1-5H3,(H,34,48)(H,39,47)(H,45,46)(H3,33,36,40,41,49)/b42-18-,43-23+. The molecule has 0 bridgehead atoms. The second-order valence-corrected chi connectivity index (χ2v) is 12.8. The van der Waals surface area contributed by atoms with Crippen LogP contribution in [-0.2, 0) is 21.0 Å². The van der Waals surface area contributed by atoms with Crippen LogP contribution in [-0.4, -0.2) is 101 Å². The molecule has 0 spiro atoms. The number of amides is 2. The summed E-state index contributed by atoms with van der Waals surface area (Å²) in [6.45, 7) is 9.61. The molecule has 2 heterocycles. The van der Waals surface area contributed by atoms with Gasteiger partial charge in [0.25, 0.3) is 11.5 Å². The van der Waals surface area contributed by atoms with E-state index in [0.717, 1.165) is 0 Å². The van der Waals surface area contributed by atoms with Gasteiger partial charge in [0.05, 0.1) is 47.5 Å². The average Bonchev–Trinajstić information content (AvgIpc) is 3.10. The second-order valence-electron chi connectivity index (χ2n) is 12.8. The number of carboxylic acids is 1. The van der Waals surface area contributed by atoms with Gasteiger partial charge in [-0.25, -0.2) is 9.97 Å². The van der Waals surface area contributed by atoms with Crippen molar-refractivity contribution >= 4 is 52.0 Å². The molecular weight excluding hydrogens is 680 g/mol. The number of benzene rings is 1. The monoisotopic (exact) mass is 726 g/mol. The van der Waals surface area contributed by atoms with E-state index in [1.165, 1.54) is 18.3 Å². The molecule has 20 heteroatoms.